The van der Waals surface area contributed by atoms with Gasteiger partial charge in [0.15, 0.2) is 0 Å². The van der Waals surface area contributed by atoms with E-state index in [-0.39, 0.29) is 17.9 Å². The molecule has 1 atom stereocenters. The van der Waals surface area contributed by atoms with E-state index in [1.165, 1.54) is 11.2 Å². The van der Waals surface area contributed by atoms with Gasteiger partial charge in [-0.05, 0) is 53.6 Å². The molecule has 6 nitrogen and oxygen atoms in total. The van der Waals surface area contributed by atoms with E-state index in [0.29, 0.717) is 28.5 Å². The van der Waals surface area contributed by atoms with Gasteiger partial charge < -0.3 is 19.2 Å². The van der Waals surface area contributed by atoms with Crippen LogP contribution in [0.4, 0.5) is 0 Å². The molecule has 0 bridgehead atoms. The van der Waals surface area contributed by atoms with Crippen molar-refractivity contribution < 1.29 is 23.8 Å². The predicted octanol–water partition coefficient (Wildman–Crippen LogP) is 4.49. The molecule has 1 unspecified atom stereocenters. The summed E-state index contributed by atoms with van der Waals surface area (Å²) in [7, 11) is 0. The Labute approximate surface area is 183 Å². The molecule has 5 rings (SSSR count). The van der Waals surface area contributed by atoms with Crippen molar-refractivity contribution >= 4 is 29.1 Å². The van der Waals surface area contributed by atoms with Crippen LogP contribution < -0.4 is 4.74 Å². The molecule has 0 aliphatic carbocycles. The van der Waals surface area contributed by atoms with Crippen LogP contribution in [0.25, 0.3) is 5.76 Å². The molecule has 1 fully saturated rings. The number of rotatable bonds is 4. The maximum Gasteiger partial charge on any atom is 0.296 e. The van der Waals surface area contributed by atoms with Crippen LogP contribution in [0.1, 0.15) is 28.5 Å². The summed E-state index contributed by atoms with van der Waals surface area (Å²) in [4.78, 5) is 27.4. The minimum absolute atomic E-state index is 0.0396. The van der Waals surface area contributed by atoms with E-state index >= 15 is 0 Å². The van der Waals surface area contributed by atoms with Crippen molar-refractivity contribution in [2.24, 2.45) is 0 Å². The summed E-state index contributed by atoms with van der Waals surface area (Å²) in [5.41, 5.74) is 2.13. The van der Waals surface area contributed by atoms with Gasteiger partial charge in [-0.2, -0.15) is 0 Å². The second-order valence-electron chi connectivity index (χ2n) is 7.48. The van der Waals surface area contributed by atoms with Crippen LogP contribution in [0.5, 0.6) is 5.75 Å². The molecule has 0 saturated carbocycles. The number of hydrogen-bond acceptors (Lipinski definition) is 5. The summed E-state index contributed by atoms with van der Waals surface area (Å²) < 4.78 is 10.9. The number of aliphatic hydroxyl groups excluding tert-OH is 1. The Balaban J connectivity index is 1.64. The van der Waals surface area contributed by atoms with Gasteiger partial charge in [-0.3, -0.25) is 9.59 Å². The summed E-state index contributed by atoms with van der Waals surface area (Å²) in [5, 5.41) is 11.7. The van der Waals surface area contributed by atoms with E-state index in [0.717, 1.165) is 17.7 Å². The average Bonchev–Trinajstić information content (AvgIpc) is 3.51. The fourth-order valence-corrected chi connectivity index (χ4v) is 4.22. The Hall–Kier alpha value is -3.51. The van der Waals surface area contributed by atoms with Crippen molar-refractivity contribution in [1.82, 2.24) is 4.90 Å². The van der Waals surface area contributed by atoms with Crippen LogP contribution in [0.2, 0.25) is 5.02 Å². The van der Waals surface area contributed by atoms with Gasteiger partial charge in [0.1, 0.15) is 17.3 Å². The molecule has 7 heteroatoms. The fraction of sp³-hybridized carbons (Fsp3) is 0.167. The number of aliphatic hydroxyl groups is 1. The molecular weight excluding hydrogens is 418 g/mol. The molecule has 3 heterocycles. The lowest BCUT2D eigenvalue weighted by atomic mass is 9.94. The first-order valence-electron chi connectivity index (χ1n) is 9.85. The monoisotopic (exact) mass is 435 g/mol. The van der Waals surface area contributed by atoms with Crippen molar-refractivity contribution in [2.75, 3.05) is 6.61 Å². The molecule has 3 aromatic rings. The quantitative estimate of drug-likeness (QED) is 0.371. The number of furan rings is 1. The number of amides is 1. The number of benzene rings is 2. The molecule has 156 valence electrons. The molecule has 1 amide bonds. The molecular formula is C24H18ClNO5. The normalized spacial score (nSPS) is 19.5. The highest BCUT2D eigenvalue weighted by atomic mass is 35.5. The highest BCUT2D eigenvalue weighted by Crippen LogP contribution is 2.41. The Morgan fingerprint density at radius 2 is 1.94 bits per heavy atom. The maximum absolute atomic E-state index is 13.1. The number of ketones is 1. The maximum atomic E-state index is 13.1. The van der Waals surface area contributed by atoms with Crippen LogP contribution in [0, 0.1) is 0 Å². The summed E-state index contributed by atoms with van der Waals surface area (Å²) in [6.07, 6.45) is 2.24. The Kier molecular flexibility index (Phi) is 4.79. The van der Waals surface area contributed by atoms with E-state index in [2.05, 4.69) is 0 Å². The lowest BCUT2D eigenvalue weighted by molar-refractivity contribution is -0.140. The van der Waals surface area contributed by atoms with Crippen LogP contribution in [0.15, 0.2) is 70.9 Å². The Morgan fingerprint density at radius 1 is 1.13 bits per heavy atom. The van der Waals surface area contributed by atoms with Gasteiger partial charge in [-0.15, -0.1) is 0 Å². The highest BCUT2D eigenvalue weighted by molar-refractivity contribution is 6.46. The van der Waals surface area contributed by atoms with E-state index < -0.39 is 17.7 Å². The van der Waals surface area contributed by atoms with Crippen LogP contribution in [0.3, 0.4) is 0 Å². The van der Waals surface area contributed by atoms with Crippen molar-refractivity contribution in [1.29, 1.82) is 0 Å². The van der Waals surface area contributed by atoms with E-state index in [1.54, 1.807) is 54.6 Å². The van der Waals surface area contributed by atoms with Gasteiger partial charge in [-0.1, -0.05) is 23.7 Å². The zero-order valence-electron chi connectivity index (χ0n) is 16.4. The van der Waals surface area contributed by atoms with Crippen LogP contribution in [-0.2, 0) is 22.6 Å². The number of carbonyl (C=O) groups excluding carboxylic acids is 2. The molecule has 1 aromatic heterocycles. The average molecular weight is 436 g/mol. The lowest BCUT2D eigenvalue weighted by Crippen LogP contribution is -2.29. The first-order chi connectivity index (χ1) is 15.0. The van der Waals surface area contributed by atoms with Gasteiger partial charge in [0, 0.05) is 17.0 Å². The number of hydrogen-bond donors (Lipinski definition) is 1. The zero-order chi connectivity index (χ0) is 21.5. The minimum Gasteiger partial charge on any atom is -0.507 e. The third-order valence-corrected chi connectivity index (χ3v) is 5.85. The van der Waals surface area contributed by atoms with Gasteiger partial charge in [0.25, 0.3) is 11.7 Å². The van der Waals surface area contributed by atoms with Crippen molar-refractivity contribution in [3.8, 4) is 5.75 Å². The summed E-state index contributed by atoms with van der Waals surface area (Å²) in [6, 6.07) is 14.8. The van der Waals surface area contributed by atoms with Gasteiger partial charge >= 0.3 is 0 Å². The number of likely N-dealkylation sites (tertiary alicyclic amines) is 1. The van der Waals surface area contributed by atoms with E-state index in [9.17, 15) is 14.7 Å². The number of halogens is 1. The molecule has 1 saturated heterocycles. The number of nitrogens with zero attached hydrogens (tertiary/aromatic N) is 1. The zero-order valence-corrected chi connectivity index (χ0v) is 17.1. The first kappa shape index (κ1) is 19.5. The van der Waals surface area contributed by atoms with Crippen molar-refractivity contribution in [2.45, 2.75) is 19.0 Å². The van der Waals surface area contributed by atoms with Crippen molar-refractivity contribution in [3.05, 3.63) is 93.9 Å². The highest BCUT2D eigenvalue weighted by Gasteiger charge is 2.46. The van der Waals surface area contributed by atoms with E-state index in [1.807, 2.05) is 0 Å². The standard InChI is InChI=1S/C24H18ClNO5/c25-17-6-3-14(4-7-17)21-20(22(27)16-5-8-19-15(12-16)9-11-31-19)23(28)24(29)26(21)13-18-2-1-10-30-18/h1-8,10,12,21,27H,9,11,13H2/b22-20-. The second kappa shape index (κ2) is 7.63. The Bertz CT molecular complexity index is 1200. The summed E-state index contributed by atoms with van der Waals surface area (Å²) in [6.45, 7) is 0.678. The summed E-state index contributed by atoms with van der Waals surface area (Å²) in [5.74, 6) is -0.335. The van der Waals surface area contributed by atoms with Gasteiger partial charge in [0.2, 0.25) is 0 Å². The SMILES string of the molecule is O=C1C(=O)N(Cc2ccco2)C(c2ccc(Cl)cc2)/C1=C(/O)c1ccc2c(c1)CCO2. The second-order valence-corrected chi connectivity index (χ2v) is 7.92. The largest absolute Gasteiger partial charge is 0.507 e. The van der Waals surface area contributed by atoms with Crippen LogP contribution in [-0.4, -0.2) is 28.3 Å². The molecule has 31 heavy (non-hydrogen) atoms. The molecule has 0 radical (unpaired) electrons. The number of fused-ring (bicyclic) bond motifs is 1. The molecule has 2 aliphatic heterocycles. The van der Waals surface area contributed by atoms with Gasteiger partial charge in [-0.25, -0.2) is 0 Å². The number of ether oxygens (including phenoxy) is 1. The number of Topliss-reactive ketones (excluding diaryl/α,β-unsaturated/α-hetero) is 1. The predicted molar refractivity (Wildman–Crippen MR) is 114 cm³/mol. The molecule has 1 N–H and O–H groups in total. The number of carbonyl (C=O) groups is 2. The molecule has 0 spiro atoms. The third kappa shape index (κ3) is 3.39. The topological polar surface area (TPSA) is 80.0 Å². The van der Waals surface area contributed by atoms with Crippen molar-refractivity contribution in [3.63, 3.8) is 0 Å². The fourth-order valence-electron chi connectivity index (χ4n) is 4.09. The molecule has 2 aromatic carbocycles. The minimum atomic E-state index is -0.771. The third-order valence-electron chi connectivity index (χ3n) is 5.59. The smallest absolute Gasteiger partial charge is 0.296 e. The summed E-state index contributed by atoms with van der Waals surface area (Å²) >= 11 is 6.04. The lowest BCUT2D eigenvalue weighted by Gasteiger charge is -2.24. The molecule has 2 aliphatic rings. The Morgan fingerprint density at radius 3 is 2.68 bits per heavy atom. The van der Waals surface area contributed by atoms with Gasteiger partial charge in [0.05, 0.1) is 31.0 Å². The van der Waals surface area contributed by atoms with Crippen LogP contribution >= 0.6 is 11.6 Å². The first-order valence-corrected chi connectivity index (χ1v) is 10.2. The van der Waals surface area contributed by atoms with E-state index in [4.69, 9.17) is 20.8 Å².